The summed E-state index contributed by atoms with van der Waals surface area (Å²) in [6.45, 7) is 4.41. The number of piperazine rings is 1. The van der Waals surface area contributed by atoms with E-state index in [0.717, 1.165) is 5.56 Å². The average Bonchev–Trinajstić information content (AvgIpc) is 2.76. The van der Waals surface area contributed by atoms with Gasteiger partial charge >= 0.3 is 6.09 Å². The Morgan fingerprint density at radius 1 is 1.03 bits per heavy atom. The summed E-state index contributed by atoms with van der Waals surface area (Å²) in [5, 5.41) is 4.39. The van der Waals surface area contributed by atoms with Crippen LogP contribution in [0, 0.1) is 0 Å². The minimum absolute atomic E-state index is 0.0202. The molecule has 0 spiro atoms. The van der Waals surface area contributed by atoms with Crippen LogP contribution in [-0.4, -0.2) is 69.4 Å². The van der Waals surface area contributed by atoms with Gasteiger partial charge in [-0.25, -0.2) is 9.48 Å². The molecule has 2 aromatic rings. The van der Waals surface area contributed by atoms with Crippen molar-refractivity contribution >= 4 is 12.0 Å². The molecule has 1 fully saturated rings. The number of aryl methyl sites for hydroxylation is 1. The Morgan fingerprint density at radius 2 is 1.72 bits per heavy atom. The van der Waals surface area contributed by atoms with Crippen LogP contribution < -0.4 is 5.56 Å². The first-order chi connectivity index (χ1) is 14.1. The maximum Gasteiger partial charge on any atom is 0.409 e. The summed E-state index contributed by atoms with van der Waals surface area (Å²) >= 11 is 0. The van der Waals surface area contributed by atoms with Crippen molar-refractivity contribution in [3.05, 3.63) is 47.0 Å². The number of ether oxygens (including phenoxy) is 1. The maximum atomic E-state index is 12.4. The van der Waals surface area contributed by atoms with Crippen molar-refractivity contribution < 1.29 is 14.3 Å². The number of hydrogen-bond donors (Lipinski definition) is 0. The van der Waals surface area contributed by atoms with Gasteiger partial charge < -0.3 is 14.5 Å². The lowest BCUT2D eigenvalue weighted by molar-refractivity contribution is -0.132. The molecule has 0 aromatic carbocycles. The van der Waals surface area contributed by atoms with Gasteiger partial charge in [0.25, 0.3) is 5.56 Å². The molecule has 2 aromatic heterocycles. The van der Waals surface area contributed by atoms with Crippen LogP contribution in [0.25, 0.3) is 11.3 Å². The van der Waals surface area contributed by atoms with Gasteiger partial charge in [0.15, 0.2) is 0 Å². The van der Waals surface area contributed by atoms with Crippen molar-refractivity contribution in [3.8, 4) is 11.3 Å². The molecule has 9 nitrogen and oxygen atoms in total. The molecule has 0 unspecified atom stereocenters. The van der Waals surface area contributed by atoms with Crippen LogP contribution >= 0.6 is 0 Å². The number of aromatic nitrogens is 3. The number of pyridine rings is 1. The minimum Gasteiger partial charge on any atom is -0.450 e. The summed E-state index contributed by atoms with van der Waals surface area (Å²) in [6.07, 6.45) is 3.86. The van der Waals surface area contributed by atoms with Crippen molar-refractivity contribution in [1.82, 2.24) is 24.6 Å². The van der Waals surface area contributed by atoms with E-state index in [9.17, 15) is 14.4 Å². The quantitative estimate of drug-likeness (QED) is 0.728. The highest BCUT2D eigenvalue weighted by molar-refractivity contribution is 5.76. The zero-order valence-electron chi connectivity index (χ0n) is 16.5. The van der Waals surface area contributed by atoms with Gasteiger partial charge in [-0.1, -0.05) is 0 Å². The van der Waals surface area contributed by atoms with E-state index >= 15 is 0 Å². The second kappa shape index (κ2) is 9.81. The van der Waals surface area contributed by atoms with E-state index in [0.29, 0.717) is 57.9 Å². The van der Waals surface area contributed by atoms with Crippen LogP contribution in [0.4, 0.5) is 4.79 Å². The summed E-state index contributed by atoms with van der Waals surface area (Å²) in [5.41, 5.74) is 1.37. The van der Waals surface area contributed by atoms with E-state index < -0.39 is 0 Å². The third kappa shape index (κ3) is 5.40. The Hall–Kier alpha value is -3.23. The number of rotatable bonds is 6. The zero-order valence-corrected chi connectivity index (χ0v) is 16.5. The highest BCUT2D eigenvalue weighted by atomic mass is 16.6. The molecule has 0 radical (unpaired) electrons. The minimum atomic E-state index is -0.334. The fourth-order valence-corrected chi connectivity index (χ4v) is 3.18. The summed E-state index contributed by atoms with van der Waals surface area (Å²) in [7, 11) is 0. The van der Waals surface area contributed by atoms with Crippen molar-refractivity contribution in [3.63, 3.8) is 0 Å². The van der Waals surface area contributed by atoms with E-state index in [1.807, 2.05) is 12.1 Å². The third-order valence-corrected chi connectivity index (χ3v) is 4.76. The largest absolute Gasteiger partial charge is 0.450 e. The van der Waals surface area contributed by atoms with Gasteiger partial charge in [-0.3, -0.25) is 14.6 Å². The first-order valence-corrected chi connectivity index (χ1v) is 9.76. The smallest absolute Gasteiger partial charge is 0.409 e. The van der Waals surface area contributed by atoms with Crippen LogP contribution in [-0.2, 0) is 16.1 Å². The number of nitrogens with zero attached hydrogens (tertiary/aromatic N) is 5. The molecular formula is C20H25N5O4. The van der Waals surface area contributed by atoms with Gasteiger partial charge in [-0.15, -0.1) is 0 Å². The topological polar surface area (TPSA) is 97.6 Å². The average molecular weight is 399 g/mol. The Morgan fingerprint density at radius 3 is 2.41 bits per heavy atom. The molecule has 3 rings (SSSR count). The molecule has 1 aliphatic heterocycles. The zero-order chi connectivity index (χ0) is 20.6. The van der Waals surface area contributed by atoms with Gasteiger partial charge in [0.2, 0.25) is 5.91 Å². The van der Waals surface area contributed by atoms with Gasteiger partial charge in [0, 0.05) is 63.2 Å². The van der Waals surface area contributed by atoms with E-state index in [1.54, 1.807) is 35.2 Å². The molecule has 2 amide bonds. The molecule has 0 aliphatic carbocycles. The summed E-state index contributed by atoms with van der Waals surface area (Å²) in [6, 6.07) is 6.83. The predicted molar refractivity (Wildman–Crippen MR) is 106 cm³/mol. The van der Waals surface area contributed by atoms with E-state index in [-0.39, 0.29) is 17.6 Å². The molecule has 0 saturated carbocycles. The fourth-order valence-electron chi connectivity index (χ4n) is 3.18. The first kappa shape index (κ1) is 20.5. The first-order valence-electron chi connectivity index (χ1n) is 9.76. The van der Waals surface area contributed by atoms with Crippen molar-refractivity contribution in [2.75, 3.05) is 32.8 Å². The number of carbonyl (C=O) groups is 2. The van der Waals surface area contributed by atoms with Crippen LogP contribution in [0.15, 0.2) is 41.5 Å². The summed E-state index contributed by atoms with van der Waals surface area (Å²) in [4.78, 5) is 43.6. The molecule has 29 heavy (non-hydrogen) atoms. The molecule has 0 bridgehead atoms. The van der Waals surface area contributed by atoms with Crippen LogP contribution in [0.5, 0.6) is 0 Å². The number of carbonyl (C=O) groups excluding carboxylic acids is 2. The second-order valence-corrected chi connectivity index (χ2v) is 6.69. The van der Waals surface area contributed by atoms with Gasteiger partial charge in [0.05, 0.1) is 12.3 Å². The van der Waals surface area contributed by atoms with E-state index in [4.69, 9.17) is 4.74 Å². The molecule has 9 heteroatoms. The second-order valence-electron chi connectivity index (χ2n) is 6.69. The van der Waals surface area contributed by atoms with Gasteiger partial charge in [-0.2, -0.15) is 5.10 Å². The molecule has 0 atom stereocenters. The van der Waals surface area contributed by atoms with Crippen molar-refractivity contribution in [1.29, 1.82) is 0 Å². The Kier molecular flexibility index (Phi) is 6.94. The Balaban J connectivity index is 1.50. The lowest BCUT2D eigenvalue weighted by atomic mass is 10.2. The monoisotopic (exact) mass is 399 g/mol. The standard InChI is InChI=1S/C20H25N5O4/c1-2-29-20(28)24-14-12-23(13-15-24)18(26)4-3-11-25-19(27)6-5-17(22-25)16-7-9-21-10-8-16/h5-10H,2-4,11-15H2,1H3. The van der Waals surface area contributed by atoms with Crippen molar-refractivity contribution in [2.24, 2.45) is 0 Å². The van der Waals surface area contributed by atoms with Crippen LogP contribution in [0.3, 0.4) is 0 Å². The number of hydrogen-bond acceptors (Lipinski definition) is 6. The molecule has 3 heterocycles. The van der Waals surface area contributed by atoms with Crippen molar-refractivity contribution in [2.45, 2.75) is 26.3 Å². The lowest BCUT2D eigenvalue weighted by Gasteiger charge is -2.34. The highest BCUT2D eigenvalue weighted by Crippen LogP contribution is 2.13. The maximum absolute atomic E-state index is 12.4. The molecule has 0 N–H and O–H groups in total. The Bertz CT molecular complexity index is 891. The normalized spacial score (nSPS) is 14.0. The predicted octanol–water partition coefficient (Wildman–Crippen LogP) is 1.39. The van der Waals surface area contributed by atoms with E-state index in [2.05, 4.69) is 10.1 Å². The lowest BCUT2D eigenvalue weighted by Crippen LogP contribution is -2.50. The summed E-state index contributed by atoms with van der Waals surface area (Å²) in [5.74, 6) is 0.0202. The highest BCUT2D eigenvalue weighted by Gasteiger charge is 2.24. The Labute approximate surface area is 168 Å². The molecule has 1 aliphatic rings. The van der Waals surface area contributed by atoms with Crippen LogP contribution in [0.1, 0.15) is 19.8 Å². The molecule has 154 valence electrons. The number of amides is 2. The van der Waals surface area contributed by atoms with Gasteiger partial charge in [-0.05, 0) is 31.5 Å². The van der Waals surface area contributed by atoms with Crippen LogP contribution in [0.2, 0.25) is 0 Å². The van der Waals surface area contributed by atoms with Gasteiger partial charge in [0.1, 0.15) is 0 Å². The molecular weight excluding hydrogens is 374 g/mol. The summed E-state index contributed by atoms with van der Waals surface area (Å²) < 4.78 is 6.38. The fraction of sp³-hybridized carbons (Fsp3) is 0.450. The molecule has 1 saturated heterocycles. The SMILES string of the molecule is CCOC(=O)N1CCN(C(=O)CCCn2nc(-c3ccncc3)ccc2=O)CC1. The van der Waals surface area contributed by atoms with E-state index in [1.165, 1.54) is 10.7 Å². The third-order valence-electron chi connectivity index (χ3n) is 4.76.